The van der Waals surface area contributed by atoms with Crippen molar-refractivity contribution >= 4 is 0 Å². The smallest absolute Gasteiger partial charge is 0.0875 e. The zero-order chi connectivity index (χ0) is 13.6. The van der Waals surface area contributed by atoms with Crippen LogP contribution in [0.4, 0.5) is 0 Å². The van der Waals surface area contributed by atoms with Gasteiger partial charge in [-0.1, -0.05) is 27.2 Å². The number of rotatable bonds is 8. The lowest BCUT2D eigenvalue weighted by molar-refractivity contribution is -0.116. The maximum Gasteiger partial charge on any atom is 0.0875 e. The van der Waals surface area contributed by atoms with E-state index < -0.39 is 17.6 Å². The lowest BCUT2D eigenvalue weighted by Crippen LogP contribution is -2.48. The highest BCUT2D eigenvalue weighted by Gasteiger charge is 2.38. The fraction of sp³-hybridized carbons (Fsp3) is 1.00. The summed E-state index contributed by atoms with van der Waals surface area (Å²) in [6, 6.07) is 0. The number of aliphatic hydroxyl groups is 3. The molecule has 17 heavy (non-hydrogen) atoms. The summed E-state index contributed by atoms with van der Waals surface area (Å²) >= 11 is 0. The molecule has 4 heteroatoms. The van der Waals surface area contributed by atoms with Gasteiger partial charge in [-0.25, -0.2) is 0 Å². The van der Waals surface area contributed by atoms with Gasteiger partial charge in [0.25, 0.3) is 0 Å². The van der Waals surface area contributed by atoms with Crippen molar-refractivity contribution in [2.75, 3.05) is 13.7 Å². The predicted molar refractivity (Wildman–Crippen MR) is 67.7 cm³/mol. The highest BCUT2D eigenvalue weighted by atomic mass is 16.5. The molecule has 0 aliphatic heterocycles. The van der Waals surface area contributed by atoms with Gasteiger partial charge in [-0.3, -0.25) is 0 Å². The Morgan fingerprint density at radius 1 is 1.24 bits per heavy atom. The molecule has 4 nitrogen and oxygen atoms in total. The molecule has 0 aromatic heterocycles. The summed E-state index contributed by atoms with van der Waals surface area (Å²) in [4.78, 5) is 0. The molecular weight excluding hydrogens is 220 g/mol. The van der Waals surface area contributed by atoms with Crippen molar-refractivity contribution in [3.8, 4) is 0 Å². The van der Waals surface area contributed by atoms with Gasteiger partial charge in [0.15, 0.2) is 0 Å². The lowest BCUT2D eigenvalue weighted by Gasteiger charge is -2.37. The second-order valence-corrected chi connectivity index (χ2v) is 5.48. The minimum atomic E-state index is -0.957. The highest BCUT2D eigenvalue weighted by Crippen LogP contribution is 2.29. The highest BCUT2D eigenvalue weighted by molar-refractivity contribution is 4.88. The van der Waals surface area contributed by atoms with Crippen LogP contribution in [0.5, 0.6) is 0 Å². The van der Waals surface area contributed by atoms with Crippen LogP contribution in [0.3, 0.4) is 0 Å². The molecule has 0 heterocycles. The van der Waals surface area contributed by atoms with Gasteiger partial charge in [-0.2, -0.15) is 0 Å². The Morgan fingerprint density at radius 3 is 2.12 bits per heavy atom. The summed E-state index contributed by atoms with van der Waals surface area (Å²) in [7, 11) is 1.60. The van der Waals surface area contributed by atoms with Gasteiger partial charge < -0.3 is 20.1 Å². The molecule has 0 aromatic rings. The largest absolute Gasteiger partial charge is 0.396 e. The lowest BCUT2D eigenvalue weighted by atomic mass is 9.78. The van der Waals surface area contributed by atoms with Crippen molar-refractivity contribution in [3.63, 3.8) is 0 Å². The quantitative estimate of drug-likeness (QED) is 0.603. The second kappa shape index (κ2) is 7.31. The molecule has 0 aliphatic carbocycles. The van der Waals surface area contributed by atoms with Crippen LogP contribution in [0.1, 0.15) is 40.5 Å². The minimum absolute atomic E-state index is 0.117. The van der Waals surface area contributed by atoms with E-state index in [-0.39, 0.29) is 18.6 Å². The van der Waals surface area contributed by atoms with Gasteiger partial charge in [-0.05, 0) is 13.3 Å². The Balaban J connectivity index is 4.76. The van der Waals surface area contributed by atoms with Crippen molar-refractivity contribution in [2.24, 2.45) is 11.3 Å². The number of methoxy groups -OCH3 is 1. The van der Waals surface area contributed by atoms with Gasteiger partial charge in [0.1, 0.15) is 0 Å². The third-order valence-corrected chi connectivity index (χ3v) is 3.57. The van der Waals surface area contributed by atoms with Gasteiger partial charge in [0.2, 0.25) is 0 Å². The first-order valence-corrected chi connectivity index (χ1v) is 6.31. The third kappa shape index (κ3) is 4.54. The molecule has 0 fully saturated rings. The number of ether oxygens (including phenoxy) is 1. The summed E-state index contributed by atoms with van der Waals surface area (Å²) in [5, 5.41) is 29.6. The molecule has 0 rings (SSSR count). The molecule has 0 spiro atoms. The van der Waals surface area contributed by atoms with Crippen molar-refractivity contribution in [1.82, 2.24) is 0 Å². The Labute approximate surface area is 105 Å². The van der Waals surface area contributed by atoms with E-state index in [0.29, 0.717) is 0 Å². The summed E-state index contributed by atoms with van der Waals surface area (Å²) < 4.78 is 5.25. The molecule has 0 aliphatic rings. The van der Waals surface area contributed by atoms with E-state index in [1.54, 1.807) is 21.0 Å². The van der Waals surface area contributed by atoms with Crippen LogP contribution >= 0.6 is 0 Å². The second-order valence-electron chi connectivity index (χ2n) is 5.48. The minimum Gasteiger partial charge on any atom is -0.396 e. The van der Waals surface area contributed by atoms with E-state index in [0.717, 1.165) is 12.8 Å². The van der Waals surface area contributed by atoms with E-state index in [4.69, 9.17) is 4.74 Å². The van der Waals surface area contributed by atoms with Crippen LogP contribution in [0.15, 0.2) is 0 Å². The number of hydrogen-bond acceptors (Lipinski definition) is 4. The third-order valence-electron chi connectivity index (χ3n) is 3.57. The fourth-order valence-electron chi connectivity index (χ4n) is 1.98. The predicted octanol–water partition coefficient (Wildman–Crippen LogP) is 1.18. The first-order chi connectivity index (χ1) is 7.81. The molecule has 0 aromatic carbocycles. The topological polar surface area (TPSA) is 69.9 Å². The summed E-state index contributed by atoms with van der Waals surface area (Å²) in [5.74, 6) is -0.120. The fourth-order valence-corrected chi connectivity index (χ4v) is 1.98. The van der Waals surface area contributed by atoms with Crippen molar-refractivity contribution in [2.45, 2.75) is 58.8 Å². The standard InChI is InChI=1S/C13H28O4/c1-6-7-10(9(2)17-5)11(15)12(16)13(3,4)8-14/h9-12,14-16H,6-8H2,1-5H3. The van der Waals surface area contributed by atoms with Crippen molar-refractivity contribution in [3.05, 3.63) is 0 Å². The van der Waals surface area contributed by atoms with Crippen LogP contribution in [-0.4, -0.2) is 47.3 Å². The zero-order valence-corrected chi connectivity index (χ0v) is 11.7. The van der Waals surface area contributed by atoms with Crippen LogP contribution in [0.25, 0.3) is 0 Å². The first-order valence-electron chi connectivity index (χ1n) is 6.31. The molecule has 4 atom stereocenters. The number of hydrogen-bond donors (Lipinski definition) is 3. The summed E-state index contributed by atoms with van der Waals surface area (Å²) in [5.41, 5.74) is -0.709. The molecule has 0 saturated carbocycles. The SMILES string of the molecule is CCCC(C(C)OC)C(O)C(O)C(C)(C)CO. The monoisotopic (exact) mass is 248 g/mol. The molecule has 104 valence electrons. The average Bonchev–Trinajstić information content (AvgIpc) is 2.33. The first kappa shape index (κ1) is 16.8. The zero-order valence-electron chi connectivity index (χ0n) is 11.7. The van der Waals surface area contributed by atoms with E-state index >= 15 is 0 Å². The molecule has 0 radical (unpaired) electrons. The van der Waals surface area contributed by atoms with Gasteiger partial charge in [-0.15, -0.1) is 0 Å². The Kier molecular flexibility index (Phi) is 7.24. The Bertz CT molecular complexity index is 206. The number of aliphatic hydroxyl groups excluding tert-OH is 3. The maximum absolute atomic E-state index is 10.2. The van der Waals surface area contributed by atoms with Crippen LogP contribution in [0.2, 0.25) is 0 Å². The molecule has 3 N–H and O–H groups in total. The van der Waals surface area contributed by atoms with E-state index in [1.807, 2.05) is 13.8 Å². The Hall–Kier alpha value is -0.160. The average molecular weight is 248 g/mol. The molecular formula is C13H28O4. The van der Waals surface area contributed by atoms with E-state index in [2.05, 4.69) is 0 Å². The normalized spacial score (nSPS) is 19.8. The summed E-state index contributed by atoms with van der Waals surface area (Å²) in [6.45, 7) is 7.24. The van der Waals surface area contributed by atoms with E-state index in [9.17, 15) is 15.3 Å². The maximum atomic E-state index is 10.2. The molecule has 4 unspecified atom stereocenters. The van der Waals surface area contributed by atoms with Gasteiger partial charge in [0.05, 0.1) is 24.9 Å². The van der Waals surface area contributed by atoms with Crippen LogP contribution in [0, 0.1) is 11.3 Å². The molecule has 0 amide bonds. The molecule has 0 saturated heterocycles. The van der Waals surface area contributed by atoms with Crippen LogP contribution < -0.4 is 0 Å². The van der Waals surface area contributed by atoms with Gasteiger partial charge in [0, 0.05) is 18.4 Å². The van der Waals surface area contributed by atoms with Crippen molar-refractivity contribution in [1.29, 1.82) is 0 Å². The van der Waals surface area contributed by atoms with Gasteiger partial charge >= 0.3 is 0 Å². The Morgan fingerprint density at radius 2 is 1.76 bits per heavy atom. The van der Waals surface area contributed by atoms with Crippen LogP contribution in [-0.2, 0) is 4.74 Å². The van der Waals surface area contributed by atoms with Crippen molar-refractivity contribution < 1.29 is 20.1 Å². The summed E-state index contributed by atoms with van der Waals surface area (Å²) in [6.07, 6.45) is -0.251. The van der Waals surface area contributed by atoms with E-state index in [1.165, 1.54) is 0 Å². The molecule has 0 bridgehead atoms.